The van der Waals surface area contributed by atoms with Crippen molar-refractivity contribution in [3.05, 3.63) is 0 Å². The average molecular weight is 264 g/mol. The van der Waals surface area contributed by atoms with E-state index in [0.717, 1.165) is 23.8 Å². The SMILES string of the molecule is CC1CCC(CN(CC2CCCNC2)C2CC2)CC1. The molecule has 1 atom stereocenters. The molecule has 0 amide bonds. The van der Waals surface area contributed by atoms with Gasteiger partial charge < -0.3 is 5.32 Å². The third kappa shape index (κ3) is 4.19. The third-order valence-electron chi connectivity index (χ3n) is 5.58. The summed E-state index contributed by atoms with van der Waals surface area (Å²) >= 11 is 0. The molecule has 2 aliphatic carbocycles. The predicted octanol–water partition coefficient (Wildman–Crippen LogP) is 3.28. The van der Waals surface area contributed by atoms with Crippen molar-refractivity contribution in [2.75, 3.05) is 26.2 Å². The lowest BCUT2D eigenvalue weighted by atomic mass is 9.82. The van der Waals surface area contributed by atoms with Crippen LogP contribution in [0.3, 0.4) is 0 Å². The molecule has 1 heterocycles. The summed E-state index contributed by atoms with van der Waals surface area (Å²) < 4.78 is 0. The minimum Gasteiger partial charge on any atom is -0.316 e. The topological polar surface area (TPSA) is 15.3 Å². The van der Waals surface area contributed by atoms with Crippen LogP contribution in [-0.2, 0) is 0 Å². The fourth-order valence-corrected chi connectivity index (χ4v) is 4.07. The molecule has 0 aromatic rings. The van der Waals surface area contributed by atoms with E-state index in [1.807, 2.05) is 0 Å². The number of nitrogens with one attached hydrogen (secondary N) is 1. The molecule has 0 radical (unpaired) electrons. The molecule has 2 heteroatoms. The Balaban J connectivity index is 1.46. The normalized spacial score (nSPS) is 36.6. The molecular weight excluding hydrogens is 232 g/mol. The van der Waals surface area contributed by atoms with E-state index < -0.39 is 0 Å². The lowest BCUT2D eigenvalue weighted by molar-refractivity contribution is 0.148. The smallest absolute Gasteiger partial charge is 0.00966 e. The summed E-state index contributed by atoms with van der Waals surface area (Å²) in [5.74, 6) is 2.93. The van der Waals surface area contributed by atoms with Gasteiger partial charge in [-0.25, -0.2) is 0 Å². The number of nitrogens with zero attached hydrogens (tertiary/aromatic N) is 1. The van der Waals surface area contributed by atoms with Crippen molar-refractivity contribution < 1.29 is 0 Å². The molecule has 19 heavy (non-hydrogen) atoms. The monoisotopic (exact) mass is 264 g/mol. The lowest BCUT2D eigenvalue weighted by Crippen LogP contribution is -2.41. The summed E-state index contributed by atoms with van der Waals surface area (Å²) in [4.78, 5) is 2.87. The Labute approximate surface area is 119 Å². The number of hydrogen-bond donors (Lipinski definition) is 1. The fraction of sp³-hybridized carbons (Fsp3) is 1.00. The highest BCUT2D eigenvalue weighted by Crippen LogP contribution is 2.33. The Morgan fingerprint density at radius 3 is 2.26 bits per heavy atom. The maximum Gasteiger partial charge on any atom is 0.00966 e. The molecule has 1 saturated heterocycles. The zero-order valence-corrected chi connectivity index (χ0v) is 12.7. The van der Waals surface area contributed by atoms with Gasteiger partial charge in [-0.1, -0.05) is 19.8 Å². The molecule has 3 fully saturated rings. The number of hydrogen-bond acceptors (Lipinski definition) is 2. The molecule has 110 valence electrons. The molecule has 2 saturated carbocycles. The van der Waals surface area contributed by atoms with Crippen LogP contribution in [0.25, 0.3) is 0 Å². The van der Waals surface area contributed by atoms with Crippen LogP contribution in [-0.4, -0.2) is 37.1 Å². The van der Waals surface area contributed by atoms with Gasteiger partial charge in [-0.2, -0.15) is 0 Å². The minimum atomic E-state index is 0.928. The fourth-order valence-electron chi connectivity index (χ4n) is 4.07. The molecule has 3 aliphatic rings. The zero-order chi connectivity index (χ0) is 13.1. The van der Waals surface area contributed by atoms with Crippen LogP contribution in [0.2, 0.25) is 0 Å². The van der Waals surface area contributed by atoms with E-state index in [1.165, 1.54) is 77.5 Å². The lowest BCUT2D eigenvalue weighted by Gasteiger charge is -2.35. The first-order valence-electron chi connectivity index (χ1n) is 8.76. The van der Waals surface area contributed by atoms with Crippen LogP contribution in [0.4, 0.5) is 0 Å². The van der Waals surface area contributed by atoms with E-state index in [-0.39, 0.29) is 0 Å². The van der Waals surface area contributed by atoms with Crippen molar-refractivity contribution in [2.24, 2.45) is 17.8 Å². The second-order valence-corrected chi connectivity index (χ2v) is 7.52. The Morgan fingerprint density at radius 1 is 0.895 bits per heavy atom. The summed E-state index contributed by atoms with van der Waals surface area (Å²) in [6.45, 7) is 7.74. The Bertz CT molecular complexity index is 260. The van der Waals surface area contributed by atoms with E-state index in [1.54, 1.807) is 0 Å². The standard InChI is InChI=1S/C17H32N2/c1-14-4-6-15(7-5-14)12-19(17-8-9-17)13-16-3-2-10-18-11-16/h14-18H,2-13H2,1H3. The molecule has 2 nitrogen and oxygen atoms in total. The van der Waals surface area contributed by atoms with E-state index >= 15 is 0 Å². The van der Waals surface area contributed by atoms with Crippen molar-refractivity contribution in [3.63, 3.8) is 0 Å². The van der Waals surface area contributed by atoms with Crippen molar-refractivity contribution in [1.29, 1.82) is 0 Å². The van der Waals surface area contributed by atoms with Gasteiger partial charge in [0.1, 0.15) is 0 Å². The first kappa shape index (κ1) is 13.9. The molecule has 1 unspecified atom stereocenters. The summed E-state index contributed by atoms with van der Waals surface area (Å²) in [6, 6.07) is 0.960. The van der Waals surface area contributed by atoms with Crippen LogP contribution >= 0.6 is 0 Å². The maximum absolute atomic E-state index is 3.58. The summed E-state index contributed by atoms with van der Waals surface area (Å²) in [5.41, 5.74) is 0. The quantitative estimate of drug-likeness (QED) is 0.820. The van der Waals surface area contributed by atoms with Crippen LogP contribution < -0.4 is 5.32 Å². The van der Waals surface area contributed by atoms with Gasteiger partial charge >= 0.3 is 0 Å². The molecular formula is C17H32N2. The molecule has 0 spiro atoms. The van der Waals surface area contributed by atoms with Crippen LogP contribution in [0.5, 0.6) is 0 Å². The first-order chi connectivity index (χ1) is 9.31. The highest BCUT2D eigenvalue weighted by atomic mass is 15.2. The molecule has 3 rings (SSSR count). The van der Waals surface area contributed by atoms with Crippen LogP contribution in [0.15, 0.2) is 0 Å². The summed E-state index contributed by atoms with van der Waals surface area (Å²) in [6.07, 6.45) is 11.7. The van der Waals surface area contributed by atoms with Crippen molar-refractivity contribution in [2.45, 2.75) is 64.3 Å². The Morgan fingerprint density at radius 2 is 1.63 bits per heavy atom. The summed E-state index contributed by atoms with van der Waals surface area (Å²) in [7, 11) is 0. The van der Waals surface area contributed by atoms with Gasteiger partial charge in [-0.15, -0.1) is 0 Å². The van der Waals surface area contributed by atoms with Crippen LogP contribution in [0.1, 0.15) is 58.3 Å². The third-order valence-corrected chi connectivity index (χ3v) is 5.58. The number of piperidine rings is 1. The largest absolute Gasteiger partial charge is 0.316 e. The van der Waals surface area contributed by atoms with E-state index in [9.17, 15) is 0 Å². The number of rotatable bonds is 5. The minimum absolute atomic E-state index is 0.928. The van der Waals surface area contributed by atoms with Crippen molar-refractivity contribution in [1.82, 2.24) is 10.2 Å². The average Bonchev–Trinajstić information content (AvgIpc) is 3.26. The molecule has 1 N–H and O–H groups in total. The maximum atomic E-state index is 3.58. The van der Waals surface area contributed by atoms with Gasteiger partial charge in [-0.3, -0.25) is 4.90 Å². The Kier molecular flexibility index (Phi) is 4.81. The van der Waals surface area contributed by atoms with E-state index in [4.69, 9.17) is 0 Å². The van der Waals surface area contributed by atoms with Crippen molar-refractivity contribution >= 4 is 0 Å². The molecule has 0 aromatic heterocycles. The molecule has 0 aromatic carbocycles. The van der Waals surface area contributed by atoms with Gasteiger partial charge in [0.05, 0.1) is 0 Å². The first-order valence-corrected chi connectivity index (χ1v) is 8.76. The molecule has 0 bridgehead atoms. The van der Waals surface area contributed by atoms with Gasteiger partial charge in [0.15, 0.2) is 0 Å². The van der Waals surface area contributed by atoms with Crippen LogP contribution in [0, 0.1) is 17.8 Å². The predicted molar refractivity (Wildman–Crippen MR) is 81.3 cm³/mol. The van der Waals surface area contributed by atoms with E-state index in [2.05, 4.69) is 17.1 Å². The van der Waals surface area contributed by atoms with Gasteiger partial charge in [0, 0.05) is 19.1 Å². The van der Waals surface area contributed by atoms with Gasteiger partial charge in [0.2, 0.25) is 0 Å². The summed E-state index contributed by atoms with van der Waals surface area (Å²) in [5, 5.41) is 3.58. The van der Waals surface area contributed by atoms with E-state index in [0.29, 0.717) is 0 Å². The second-order valence-electron chi connectivity index (χ2n) is 7.52. The highest BCUT2D eigenvalue weighted by Gasteiger charge is 2.32. The van der Waals surface area contributed by atoms with Gasteiger partial charge in [0.25, 0.3) is 0 Å². The molecule has 1 aliphatic heterocycles. The zero-order valence-electron chi connectivity index (χ0n) is 12.7. The highest BCUT2D eigenvalue weighted by molar-refractivity contribution is 4.88. The Hall–Kier alpha value is -0.0800. The second kappa shape index (κ2) is 6.58. The van der Waals surface area contributed by atoms with Crippen molar-refractivity contribution in [3.8, 4) is 0 Å². The van der Waals surface area contributed by atoms with Gasteiger partial charge in [-0.05, 0) is 69.4 Å².